The van der Waals surface area contributed by atoms with Crippen molar-refractivity contribution >= 4 is 0 Å². The Kier molecular flexibility index (Phi) is 4.82. The predicted octanol–water partition coefficient (Wildman–Crippen LogP) is 4.55. The zero-order chi connectivity index (χ0) is 13.0. The molecule has 1 aromatic rings. The lowest BCUT2D eigenvalue weighted by Gasteiger charge is -2.34. The summed E-state index contributed by atoms with van der Waals surface area (Å²) in [5.74, 6) is 1.75. The number of nitrogens with one attached hydrogen (secondary N) is 1. The van der Waals surface area contributed by atoms with E-state index < -0.39 is 0 Å². The van der Waals surface area contributed by atoms with Gasteiger partial charge in [0.1, 0.15) is 0 Å². The van der Waals surface area contributed by atoms with Crippen molar-refractivity contribution in [2.75, 3.05) is 0 Å². The number of hydrogen-bond acceptors (Lipinski definition) is 1. The molecular formula is C17H27N. The van der Waals surface area contributed by atoms with E-state index in [1.807, 2.05) is 0 Å². The second-order valence-electron chi connectivity index (χ2n) is 6.17. The van der Waals surface area contributed by atoms with Crippen LogP contribution in [0.2, 0.25) is 0 Å². The Morgan fingerprint density at radius 3 is 2.44 bits per heavy atom. The Bertz CT molecular complexity index is 344. The first-order valence-corrected chi connectivity index (χ1v) is 7.48. The van der Waals surface area contributed by atoms with Crippen LogP contribution >= 0.6 is 0 Å². The van der Waals surface area contributed by atoms with E-state index in [2.05, 4.69) is 56.4 Å². The van der Waals surface area contributed by atoms with Crippen molar-refractivity contribution in [1.82, 2.24) is 5.32 Å². The fourth-order valence-corrected chi connectivity index (χ4v) is 3.18. The summed E-state index contributed by atoms with van der Waals surface area (Å²) in [5.41, 5.74) is 1.41. The molecule has 0 bridgehead atoms. The highest BCUT2D eigenvalue weighted by molar-refractivity contribution is 5.18. The molecule has 0 heterocycles. The van der Waals surface area contributed by atoms with Crippen LogP contribution in [0.5, 0.6) is 0 Å². The lowest BCUT2D eigenvalue weighted by molar-refractivity contribution is 0.223. The van der Waals surface area contributed by atoms with E-state index in [9.17, 15) is 0 Å². The van der Waals surface area contributed by atoms with Crippen molar-refractivity contribution in [2.24, 2.45) is 11.8 Å². The van der Waals surface area contributed by atoms with E-state index in [1.165, 1.54) is 31.2 Å². The van der Waals surface area contributed by atoms with Crippen LogP contribution < -0.4 is 5.32 Å². The van der Waals surface area contributed by atoms with Crippen molar-refractivity contribution in [3.05, 3.63) is 35.9 Å². The van der Waals surface area contributed by atoms with Gasteiger partial charge in [-0.15, -0.1) is 0 Å². The third-order valence-electron chi connectivity index (χ3n) is 4.44. The van der Waals surface area contributed by atoms with Gasteiger partial charge in [0.25, 0.3) is 0 Å². The fourth-order valence-electron chi connectivity index (χ4n) is 3.18. The van der Waals surface area contributed by atoms with Crippen LogP contribution in [0.4, 0.5) is 0 Å². The van der Waals surface area contributed by atoms with E-state index in [0.717, 1.165) is 11.8 Å². The maximum atomic E-state index is 3.82. The molecule has 100 valence electrons. The van der Waals surface area contributed by atoms with E-state index in [0.29, 0.717) is 12.1 Å². The average Bonchev–Trinajstić information content (AvgIpc) is 2.40. The van der Waals surface area contributed by atoms with Gasteiger partial charge in [0.15, 0.2) is 0 Å². The van der Waals surface area contributed by atoms with Gasteiger partial charge in [-0.2, -0.15) is 0 Å². The van der Waals surface area contributed by atoms with E-state index >= 15 is 0 Å². The Morgan fingerprint density at radius 1 is 1.06 bits per heavy atom. The van der Waals surface area contributed by atoms with Gasteiger partial charge in [-0.3, -0.25) is 0 Å². The smallest absolute Gasteiger partial charge is 0.0294 e. The van der Waals surface area contributed by atoms with Crippen LogP contribution in [0.15, 0.2) is 30.3 Å². The van der Waals surface area contributed by atoms with Crippen LogP contribution in [0.25, 0.3) is 0 Å². The summed E-state index contributed by atoms with van der Waals surface area (Å²) in [6.07, 6.45) is 5.52. The van der Waals surface area contributed by atoms with E-state index in [1.54, 1.807) is 0 Å². The van der Waals surface area contributed by atoms with Gasteiger partial charge >= 0.3 is 0 Å². The maximum absolute atomic E-state index is 3.82. The van der Waals surface area contributed by atoms with Gasteiger partial charge in [-0.05, 0) is 37.2 Å². The van der Waals surface area contributed by atoms with Gasteiger partial charge in [0, 0.05) is 12.1 Å². The van der Waals surface area contributed by atoms with Crippen LogP contribution in [0, 0.1) is 11.8 Å². The van der Waals surface area contributed by atoms with Crippen molar-refractivity contribution in [1.29, 1.82) is 0 Å². The normalized spacial score (nSPS) is 26.2. The summed E-state index contributed by atoms with van der Waals surface area (Å²) in [7, 11) is 0. The molecule has 0 amide bonds. The molecule has 0 saturated heterocycles. The molecule has 2 rings (SSSR count). The molecule has 3 unspecified atom stereocenters. The molecule has 0 aliphatic heterocycles. The van der Waals surface area contributed by atoms with Crippen LogP contribution in [0.1, 0.15) is 58.1 Å². The van der Waals surface area contributed by atoms with Crippen molar-refractivity contribution in [2.45, 2.75) is 58.5 Å². The molecule has 1 aliphatic rings. The minimum Gasteiger partial charge on any atom is -0.307 e. The van der Waals surface area contributed by atoms with Gasteiger partial charge < -0.3 is 5.32 Å². The van der Waals surface area contributed by atoms with Crippen LogP contribution in [-0.2, 0) is 0 Å². The first-order chi connectivity index (χ1) is 8.66. The van der Waals surface area contributed by atoms with Gasteiger partial charge in [0.2, 0.25) is 0 Å². The highest BCUT2D eigenvalue weighted by atomic mass is 14.9. The Balaban J connectivity index is 1.89. The third-order valence-corrected chi connectivity index (χ3v) is 4.44. The fraction of sp³-hybridized carbons (Fsp3) is 0.647. The highest BCUT2D eigenvalue weighted by Crippen LogP contribution is 2.31. The van der Waals surface area contributed by atoms with Crippen molar-refractivity contribution in [3.8, 4) is 0 Å². The molecule has 0 spiro atoms. The lowest BCUT2D eigenvalue weighted by Crippen LogP contribution is -2.37. The van der Waals surface area contributed by atoms with Gasteiger partial charge in [-0.25, -0.2) is 0 Å². The Labute approximate surface area is 112 Å². The number of rotatable bonds is 4. The average molecular weight is 245 g/mol. The van der Waals surface area contributed by atoms with E-state index in [-0.39, 0.29) is 0 Å². The molecule has 1 heteroatoms. The van der Waals surface area contributed by atoms with E-state index in [4.69, 9.17) is 0 Å². The SMILES string of the molecule is CC(NC1CCCC(C(C)C)C1)c1ccccc1. The highest BCUT2D eigenvalue weighted by Gasteiger charge is 2.24. The molecule has 1 N–H and O–H groups in total. The molecule has 1 aromatic carbocycles. The molecule has 1 fully saturated rings. The number of benzene rings is 1. The molecule has 0 aromatic heterocycles. The standard InChI is InChI=1S/C17H27N/c1-13(2)16-10-7-11-17(12-16)18-14(3)15-8-5-4-6-9-15/h4-6,8-9,13-14,16-18H,7,10-12H2,1-3H3. The minimum absolute atomic E-state index is 0.474. The molecule has 18 heavy (non-hydrogen) atoms. The van der Waals surface area contributed by atoms with Gasteiger partial charge in [0.05, 0.1) is 0 Å². The topological polar surface area (TPSA) is 12.0 Å². The largest absolute Gasteiger partial charge is 0.307 e. The second kappa shape index (κ2) is 6.38. The Morgan fingerprint density at radius 2 is 1.78 bits per heavy atom. The summed E-state index contributed by atoms with van der Waals surface area (Å²) in [5, 5.41) is 3.82. The molecule has 3 atom stereocenters. The summed E-state index contributed by atoms with van der Waals surface area (Å²) in [6, 6.07) is 12.0. The molecule has 1 saturated carbocycles. The summed E-state index contributed by atoms with van der Waals surface area (Å²) < 4.78 is 0. The quantitative estimate of drug-likeness (QED) is 0.820. The second-order valence-corrected chi connectivity index (χ2v) is 6.17. The zero-order valence-electron chi connectivity index (χ0n) is 12.0. The van der Waals surface area contributed by atoms with Crippen LogP contribution in [-0.4, -0.2) is 6.04 Å². The molecule has 0 radical (unpaired) electrons. The maximum Gasteiger partial charge on any atom is 0.0294 e. The number of hydrogen-bond donors (Lipinski definition) is 1. The molecule has 1 aliphatic carbocycles. The minimum atomic E-state index is 0.474. The molecule has 1 nitrogen and oxygen atoms in total. The van der Waals surface area contributed by atoms with Gasteiger partial charge in [-0.1, -0.05) is 57.0 Å². The zero-order valence-corrected chi connectivity index (χ0v) is 12.0. The van der Waals surface area contributed by atoms with Crippen LogP contribution in [0.3, 0.4) is 0 Å². The molecular weight excluding hydrogens is 218 g/mol. The predicted molar refractivity (Wildman–Crippen MR) is 78.6 cm³/mol. The first kappa shape index (κ1) is 13.6. The Hall–Kier alpha value is -0.820. The third kappa shape index (κ3) is 3.58. The summed E-state index contributed by atoms with van der Waals surface area (Å²) >= 11 is 0. The van der Waals surface area contributed by atoms with Crippen molar-refractivity contribution in [3.63, 3.8) is 0 Å². The van der Waals surface area contributed by atoms with Crippen molar-refractivity contribution < 1.29 is 0 Å². The monoisotopic (exact) mass is 245 g/mol. The first-order valence-electron chi connectivity index (χ1n) is 7.48. The summed E-state index contributed by atoms with van der Waals surface area (Å²) in [4.78, 5) is 0. The summed E-state index contributed by atoms with van der Waals surface area (Å²) in [6.45, 7) is 7.02. The lowest BCUT2D eigenvalue weighted by atomic mass is 9.79.